The van der Waals surface area contributed by atoms with E-state index in [0.29, 0.717) is 0 Å². The second kappa shape index (κ2) is 7.06. The van der Waals surface area contributed by atoms with Gasteiger partial charge in [-0.25, -0.2) is 0 Å². The molecule has 0 spiro atoms. The van der Waals surface area contributed by atoms with Gasteiger partial charge in [-0.2, -0.15) is 5.10 Å². The topological polar surface area (TPSA) is 47.1 Å². The molecule has 4 heteroatoms. The standard InChI is InChI=1S/C15H30N4/c1-6-15(5,18(7-2)8-3)14(16)10-13-11-17-19(9-4)12-13/h11-12,14H,6-10,16H2,1-5H3. The summed E-state index contributed by atoms with van der Waals surface area (Å²) in [4.78, 5) is 2.47. The lowest BCUT2D eigenvalue weighted by Gasteiger charge is -2.44. The van der Waals surface area contributed by atoms with Crippen molar-refractivity contribution in [1.29, 1.82) is 0 Å². The van der Waals surface area contributed by atoms with Crippen LogP contribution in [0.25, 0.3) is 0 Å². The smallest absolute Gasteiger partial charge is 0.0522 e. The molecule has 0 saturated heterocycles. The molecule has 0 aliphatic carbocycles. The molecule has 0 radical (unpaired) electrons. The summed E-state index contributed by atoms with van der Waals surface area (Å²) in [6.07, 6.45) is 6.01. The van der Waals surface area contributed by atoms with E-state index in [1.807, 2.05) is 10.9 Å². The summed E-state index contributed by atoms with van der Waals surface area (Å²) >= 11 is 0. The Balaban J connectivity index is 2.80. The van der Waals surface area contributed by atoms with E-state index in [-0.39, 0.29) is 11.6 Å². The molecule has 0 aliphatic rings. The lowest BCUT2D eigenvalue weighted by atomic mass is 9.84. The Morgan fingerprint density at radius 1 is 1.32 bits per heavy atom. The van der Waals surface area contributed by atoms with Crippen molar-refractivity contribution in [2.75, 3.05) is 13.1 Å². The molecule has 4 nitrogen and oxygen atoms in total. The highest BCUT2D eigenvalue weighted by Crippen LogP contribution is 2.24. The maximum absolute atomic E-state index is 6.52. The van der Waals surface area contributed by atoms with E-state index in [1.54, 1.807) is 0 Å². The quantitative estimate of drug-likeness (QED) is 0.785. The fraction of sp³-hybridized carbons (Fsp3) is 0.800. The Morgan fingerprint density at radius 3 is 2.37 bits per heavy atom. The number of rotatable bonds is 8. The minimum atomic E-state index is 0.0534. The third kappa shape index (κ3) is 3.57. The van der Waals surface area contributed by atoms with E-state index in [0.717, 1.165) is 32.5 Å². The minimum Gasteiger partial charge on any atom is -0.326 e. The van der Waals surface area contributed by atoms with Crippen LogP contribution >= 0.6 is 0 Å². The van der Waals surface area contributed by atoms with Gasteiger partial charge in [-0.05, 0) is 45.3 Å². The Kier molecular flexibility index (Phi) is 6.01. The molecule has 19 heavy (non-hydrogen) atoms. The molecule has 1 rings (SSSR count). The van der Waals surface area contributed by atoms with Gasteiger partial charge in [0.2, 0.25) is 0 Å². The third-order valence-electron chi connectivity index (χ3n) is 4.47. The van der Waals surface area contributed by atoms with Gasteiger partial charge >= 0.3 is 0 Å². The van der Waals surface area contributed by atoms with Crippen molar-refractivity contribution in [3.8, 4) is 0 Å². The van der Waals surface area contributed by atoms with Gasteiger partial charge in [0.15, 0.2) is 0 Å². The largest absolute Gasteiger partial charge is 0.326 e. The molecule has 0 aliphatic heterocycles. The first-order valence-electron chi connectivity index (χ1n) is 7.53. The maximum Gasteiger partial charge on any atom is 0.0522 e. The van der Waals surface area contributed by atoms with E-state index in [2.05, 4.69) is 50.8 Å². The summed E-state index contributed by atoms with van der Waals surface area (Å²) in [5.41, 5.74) is 7.81. The number of hydrogen-bond acceptors (Lipinski definition) is 3. The van der Waals surface area contributed by atoms with Crippen LogP contribution in [0.1, 0.15) is 46.6 Å². The van der Waals surface area contributed by atoms with Crippen LogP contribution in [0.5, 0.6) is 0 Å². The highest BCUT2D eigenvalue weighted by molar-refractivity contribution is 5.09. The van der Waals surface area contributed by atoms with E-state index < -0.39 is 0 Å². The van der Waals surface area contributed by atoms with Crippen molar-refractivity contribution in [1.82, 2.24) is 14.7 Å². The molecule has 1 aromatic rings. The summed E-state index contributed by atoms with van der Waals surface area (Å²) in [6.45, 7) is 14.0. The molecular formula is C15H30N4. The van der Waals surface area contributed by atoms with Crippen LogP contribution in [0.15, 0.2) is 12.4 Å². The average Bonchev–Trinajstić information content (AvgIpc) is 2.87. The molecule has 0 bridgehead atoms. The van der Waals surface area contributed by atoms with Gasteiger partial charge < -0.3 is 5.73 Å². The van der Waals surface area contributed by atoms with Gasteiger partial charge in [0.1, 0.15) is 0 Å². The third-order valence-corrected chi connectivity index (χ3v) is 4.47. The maximum atomic E-state index is 6.52. The van der Waals surface area contributed by atoms with Gasteiger partial charge in [0.05, 0.1) is 6.20 Å². The predicted octanol–water partition coefficient (Wildman–Crippen LogP) is 2.28. The van der Waals surface area contributed by atoms with E-state index in [1.165, 1.54) is 5.56 Å². The zero-order chi connectivity index (χ0) is 14.5. The fourth-order valence-electron chi connectivity index (χ4n) is 2.82. The Labute approximate surface area is 118 Å². The summed E-state index contributed by atoms with van der Waals surface area (Å²) in [5.74, 6) is 0. The van der Waals surface area contributed by atoms with Crippen LogP contribution in [0, 0.1) is 0 Å². The summed E-state index contributed by atoms with van der Waals surface area (Å²) in [5, 5.41) is 4.33. The van der Waals surface area contributed by atoms with Crippen molar-refractivity contribution in [3.63, 3.8) is 0 Å². The lowest BCUT2D eigenvalue weighted by molar-refractivity contribution is 0.0845. The zero-order valence-corrected chi connectivity index (χ0v) is 13.2. The average molecular weight is 266 g/mol. The normalized spacial score (nSPS) is 16.6. The van der Waals surface area contributed by atoms with Crippen LogP contribution in [-0.2, 0) is 13.0 Å². The van der Waals surface area contributed by atoms with Crippen LogP contribution in [0.4, 0.5) is 0 Å². The van der Waals surface area contributed by atoms with Crippen molar-refractivity contribution >= 4 is 0 Å². The van der Waals surface area contributed by atoms with Crippen LogP contribution in [0.2, 0.25) is 0 Å². The van der Waals surface area contributed by atoms with Gasteiger partial charge in [-0.3, -0.25) is 9.58 Å². The Bertz CT molecular complexity index is 370. The molecule has 2 unspecified atom stereocenters. The van der Waals surface area contributed by atoms with Crippen molar-refractivity contribution < 1.29 is 0 Å². The molecule has 0 amide bonds. The van der Waals surface area contributed by atoms with Crippen molar-refractivity contribution in [3.05, 3.63) is 18.0 Å². The summed E-state index contributed by atoms with van der Waals surface area (Å²) in [6, 6.07) is 0.131. The van der Waals surface area contributed by atoms with Gasteiger partial charge in [0.25, 0.3) is 0 Å². The van der Waals surface area contributed by atoms with Gasteiger partial charge in [-0.1, -0.05) is 20.8 Å². The molecule has 0 fully saturated rings. The number of likely N-dealkylation sites (N-methyl/N-ethyl adjacent to an activating group) is 1. The first-order chi connectivity index (χ1) is 9.01. The first-order valence-corrected chi connectivity index (χ1v) is 7.53. The lowest BCUT2D eigenvalue weighted by Crippen LogP contribution is -2.58. The molecule has 110 valence electrons. The van der Waals surface area contributed by atoms with Crippen LogP contribution in [0.3, 0.4) is 0 Å². The Hall–Kier alpha value is -0.870. The monoisotopic (exact) mass is 266 g/mol. The number of aryl methyl sites for hydroxylation is 1. The summed E-state index contributed by atoms with van der Waals surface area (Å²) in [7, 11) is 0. The second-order valence-electron chi connectivity index (χ2n) is 5.40. The summed E-state index contributed by atoms with van der Waals surface area (Å²) < 4.78 is 1.96. The highest BCUT2D eigenvalue weighted by atomic mass is 15.3. The number of nitrogens with zero attached hydrogens (tertiary/aromatic N) is 3. The zero-order valence-electron chi connectivity index (χ0n) is 13.2. The predicted molar refractivity (Wildman–Crippen MR) is 81.2 cm³/mol. The van der Waals surface area contributed by atoms with Crippen molar-refractivity contribution in [2.45, 2.75) is 65.6 Å². The fourth-order valence-corrected chi connectivity index (χ4v) is 2.82. The molecule has 1 heterocycles. The SMILES string of the molecule is CCN(CC)C(C)(CC)C(N)Cc1cnn(CC)c1. The second-order valence-corrected chi connectivity index (χ2v) is 5.40. The van der Waals surface area contributed by atoms with Gasteiger partial charge in [-0.15, -0.1) is 0 Å². The highest BCUT2D eigenvalue weighted by Gasteiger charge is 2.34. The molecule has 2 N–H and O–H groups in total. The number of nitrogens with two attached hydrogens (primary N) is 1. The van der Waals surface area contributed by atoms with Crippen LogP contribution in [-0.4, -0.2) is 39.4 Å². The number of hydrogen-bond donors (Lipinski definition) is 1. The van der Waals surface area contributed by atoms with E-state index >= 15 is 0 Å². The molecule has 0 saturated carbocycles. The molecule has 0 aromatic carbocycles. The van der Waals surface area contributed by atoms with Crippen molar-refractivity contribution in [2.24, 2.45) is 5.73 Å². The van der Waals surface area contributed by atoms with E-state index in [4.69, 9.17) is 5.73 Å². The Morgan fingerprint density at radius 2 is 1.95 bits per heavy atom. The molecule has 2 atom stereocenters. The molecular weight excluding hydrogens is 236 g/mol. The minimum absolute atomic E-state index is 0.0534. The van der Waals surface area contributed by atoms with Crippen LogP contribution < -0.4 is 5.73 Å². The number of aromatic nitrogens is 2. The molecule has 1 aromatic heterocycles. The van der Waals surface area contributed by atoms with Gasteiger partial charge in [0, 0.05) is 24.3 Å². The van der Waals surface area contributed by atoms with E-state index in [9.17, 15) is 0 Å². The first kappa shape index (κ1) is 16.2.